The predicted molar refractivity (Wildman–Crippen MR) is 81.7 cm³/mol. The highest BCUT2D eigenvalue weighted by molar-refractivity contribution is 8.07. The zero-order valence-corrected chi connectivity index (χ0v) is 12.5. The van der Waals surface area contributed by atoms with Crippen LogP contribution >= 0.6 is 23.5 Å². The molecule has 0 bridgehead atoms. The van der Waals surface area contributed by atoms with Crippen LogP contribution in [0.3, 0.4) is 0 Å². The number of amides is 1. The summed E-state index contributed by atoms with van der Waals surface area (Å²) >= 11 is 3.73. The lowest BCUT2D eigenvalue weighted by atomic mass is 10.0. The Kier molecular flexibility index (Phi) is 4.33. The molecular formula is C14H18N2OS2. The summed E-state index contributed by atoms with van der Waals surface area (Å²) in [6.07, 6.45) is 2.89. The maximum atomic E-state index is 12.4. The minimum absolute atomic E-state index is 0.182. The lowest BCUT2D eigenvalue weighted by Crippen LogP contribution is -2.38. The molecule has 0 N–H and O–H groups in total. The average molecular weight is 294 g/mol. The van der Waals surface area contributed by atoms with E-state index in [1.165, 1.54) is 5.75 Å². The van der Waals surface area contributed by atoms with Crippen LogP contribution in [0.1, 0.15) is 18.0 Å². The fraction of sp³-hybridized carbons (Fsp3) is 0.571. The van der Waals surface area contributed by atoms with Gasteiger partial charge < -0.3 is 4.90 Å². The molecule has 2 atom stereocenters. The highest BCUT2D eigenvalue weighted by Gasteiger charge is 2.32. The zero-order valence-electron chi connectivity index (χ0n) is 10.8. The summed E-state index contributed by atoms with van der Waals surface area (Å²) in [7, 11) is 0. The van der Waals surface area contributed by atoms with E-state index in [2.05, 4.69) is 11.1 Å². The van der Waals surface area contributed by atoms with Gasteiger partial charge in [-0.15, -0.1) is 11.8 Å². The quantitative estimate of drug-likeness (QED) is 0.837. The van der Waals surface area contributed by atoms with Crippen molar-refractivity contribution in [2.75, 3.05) is 30.3 Å². The number of nitrogens with zero attached hydrogens (tertiary/aromatic N) is 2. The fourth-order valence-corrected chi connectivity index (χ4v) is 5.28. The lowest BCUT2D eigenvalue weighted by Gasteiger charge is -2.25. The smallest absolute Gasteiger partial charge is 0.236 e. The number of pyridine rings is 1. The second-order valence-electron chi connectivity index (χ2n) is 4.96. The lowest BCUT2D eigenvalue weighted by molar-refractivity contribution is -0.129. The Hall–Kier alpha value is -0.680. The van der Waals surface area contributed by atoms with Gasteiger partial charge in [0.1, 0.15) is 0 Å². The third kappa shape index (κ3) is 3.08. The zero-order chi connectivity index (χ0) is 13.1. The van der Waals surface area contributed by atoms with Crippen molar-refractivity contribution in [1.82, 2.24) is 9.88 Å². The molecule has 2 fully saturated rings. The number of hydrogen-bond acceptors (Lipinski definition) is 4. The molecule has 3 rings (SSSR count). The van der Waals surface area contributed by atoms with Gasteiger partial charge in [-0.05, 0) is 18.6 Å². The number of aromatic nitrogens is 1. The molecule has 3 nitrogen and oxygen atoms in total. The van der Waals surface area contributed by atoms with E-state index in [1.807, 2.05) is 46.8 Å². The normalized spacial score (nSPS) is 27.5. The summed E-state index contributed by atoms with van der Waals surface area (Å²) < 4.78 is 0. The van der Waals surface area contributed by atoms with Crippen molar-refractivity contribution < 1.29 is 4.79 Å². The average Bonchev–Trinajstić information content (AvgIpc) is 2.98. The second-order valence-corrected chi connectivity index (χ2v) is 7.42. The minimum atomic E-state index is 0.182. The SMILES string of the molecule is O=C(C1CSCCS1)N1CCC(c2ccccn2)C1. The van der Waals surface area contributed by atoms with Gasteiger partial charge in [0.15, 0.2) is 0 Å². The molecule has 0 spiro atoms. The van der Waals surface area contributed by atoms with E-state index < -0.39 is 0 Å². The minimum Gasteiger partial charge on any atom is -0.341 e. The molecule has 1 aromatic rings. The molecule has 102 valence electrons. The van der Waals surface area contributed by atoms with Gasteiger partial charge in [-0.25, -0.2) is 0 Å². The highest BCUT2D eigenvalue weighted by Crippen LogP contribution is 2.30. The molecule has 1 amide bonds. The van der Waals surface area contributed by atoms with E-state index in [4.69, 9.17) is 0 Å². The van der Waals surface area contributed by atoms with Crippen LogP contribution in [0.25, 0.3) is 0 Å². The Bertz CT molecular complexity index is 434. The third-order valence-corrected chi connectivity index (χ3v) is 6.44. The van der Waals surface area contributed by atoms with E-state index in [-0.39, 0.29) is 5.25 Å². The first-order valence-corrected chi connectivity index (χ1v) is 8.94. The number of carbonyl (C=O) groups excluding carboxylic acids is 1. The molecule has 1 aromatic heterocycles. The number of likely N-dealkylation sites (tertiary alicyclic amines) is 1. The molecule has 0 radical (unpaired) electrons. The van der Waals surface area contributed by atoms with Gasteiger partial charge in [0.25, 0.3) is 0 Å². The fourth-order valence-electron chi connectivity index (χ4n) is 2.65. The maximum absolute atomic E-state index is 12.4. The number of thioether (sulfide) groups is 2. The number of carbonyl (C=O) groups is 1. The van der Waals surface area contributed by atoms with Crippen LogP contribution in [0.2, 0.25) is 0 Å². The Balaban J connectivity index is 1.61. The van der Waals surface area contributed by atoms with E-state index in [0.29, 0.717) is 11.8 Å². The van der Waals surface area contributed by atoms with Crippen LogP contribution in [-0.4, -0.2) is 51.4 Å². The van der Waals surface area contributed by atoms with E-state index in [0.717, 1.165) is 36.7 Å². The number of hydrogen-bond donors (Lipinski definition) is 0. The van der Waals surface area contributed by atoms with Gasteiger partial charge in [0.05, 0.1) is 5.25 Å². The van der Waals surface area contributed by atoms with Gasteiger partial charge in [0, 0.05) is 48.2 Å². The Morgan fingerprint density at radius 2 is 2.32 bits per heavy atom. The summed E-state index contributed by atoms with van der Waals surface area (Å²) in [6.45, 7) is 1.74. The molecule has 2 saturated heterocycles. The van der Waals surface area contributed by atoms with E-state index in [1.54, 1.807) is 0 Å². The Morgan fingerprint density at radius 1 is 1.37 bits per heavy atom. The van der Waals surface area contributed by atoms with Gasteiger partial charge in [-0.3, -0.25) is 9.78 Å². The third-order valence-electron chi connectivity index (χ3n) is 3.70. The van der Waals surface area contributed by atoms with Gasteiger partial charge in [-0.2, -0.15) is 11.8 Å². The van der Waals surface area contributed by atoms with Crippen molar-refractivity contribution in [2.45, 2.75) is 17.6 Å². The largest absolute Gasteiger partial charge is 0.341 e. The number of rotatable bonds is 2. The van der Waals surface area contributed by atoms with Crippen LogP contribution in [-0.2, 0) is 4.79 Å². The molecule has 0 aliphatic carbocycles. The summed E-state index contributed by atoms with van der Waals surface area (Å²) in [5, 5.41) is 0.182. The molecule has 3 heterocycles. The molecule has 0 saturated carbocycles. The Morgan fingerprint density at radius 3 is 3.05 bits per heavy atom. The van der Waals surface area contributed by atoms with Crippen molar-refractivity contribution in [2.24, 2.45) is 0 Å². The summed E-state index contributed by atoms with van der Waals surface area (Å²) in [4.78, 5) is 18.9. The summed E-state index contributed by atoms with van der Waals surface area (Å²) in [5.74, 6) is 4.04. The summed E-state index contributed by atoms with van der Waals surface area (Å²) in [5.41, 5.74) is 1.13. The van der Waals surface area contributed by atoms with Crippen molar-refractivity contribution in [3.8, 4) is 0 Å². The maximum Gasteiger partial charge on any atom is 0.236 e. The predicted octanol–water partition coefficient (Wildman–Crippen LogP) is 2.25. The monoisotopic (exact) mass is 294 g/mol. The summed E-state index contributed by atoms with van der Waals surface area (Å²) in [6, 6.07) is 6.04. The Labute approximate surface area is 122 Å². The molecule has 0 aromatic carbocycles. The topological polar surface area (TPSA) is 33.2 Å². The molecular weight excluding hydrogens is 276 g/mol. The van der Waals surface area contributed by atoms with Crippen LogP contribution < -0.4 is 0 Å². The molecule has 2 aliphatic rings. The van der Waals surface area contributed by atoms with E-state index in [9.17, 15) is 4.79 Å². The van der Waals surface area contributed by atoms with Crippen molar-refractivity contribution in [3.05, 3.63) is 30.1 Å². The van der Waals surface area contributed by atoms with Crippen LogP contribution in [0.15, 0.2) is 24.4 Å². The van der Waals surface area contributed by atoms with Crippen molar-refractivity contribution in [1.29, 1.82) is 0 Å². The molecule has 2 unspecified atom stereocenters. The van der Waals surface area contributed by atoms with Crippen LogP contribution in [0.5, 0.6) is 0 Å². The molecule has 2 aliphatic heterocycles. The van der Waals surface area contributed by atoms with Crippen LogP contribution in [0, 0.1) is 0 Å². The first kappa shape index (κ1) is 13.3. The van der Waals surface area contributed by atoms with Gasteiger partial charge >= 0.3 is 0 Å². The highest BCUT2D eigenvalue weighted by atomic mass is 32.2. The molecule has 5 heteroatoms. The van der Waals surface area contributed by atoms with Gasteiger partial charge in [0.2, 0.25) is 5.91 Å². The standard InChI is InChI=1S/C14H18N2OS2/c17-14(13-10-18-7-8-19-13)16-6-4-11(9-16)12-3-1-2-5-15-12/h1-3,5,11,13H,4,6-10H2. The first-order valence-electron chi connectivity index (χ1n) is 6.73. The van der Waals surface area contributed by atoms with Gasteiger partial charge in [-0.1, -0.05) is 6.07 Å². The van der Waals surface area contributed by atoms with Crippen molar-refractivity contribution in [3.63, 3.8) is 0 Å². The van der Waals surface area contributed by atoms with E-state index >= 15 is 0 Å². The molecule has 19 heavy (non-hydrogen) atoms. The van der Waals surface area contributed by atoms with Crippen LogP contribution in [0.4, 0.5) is 0 Å². The first-order chi connectivity index (χ1) is 9.34. The second kappa shape index (κ2) is 6.18. The van der Waals surface area contributed by atoms with Crippen molar-refractivity contribution >= 4 is 29.4 Å².